The Morgan fingerprint density at radius 1 is 0.806 bits per heavy atom. The van der Waals surface area contributed by atoms with Gasteiger partial charge >= 0.3 is 192 Å². The Hall–Kier alpha value is -2.07. The van der Waals surface area contributed by atoms with Crippen molar-refractivity contribution in [3.8, 4) is 0 Å². The van der Waals surface area contributed by atoms with Gasteiger partial charge in [-0.25, -0.2) is 0 Å². The number of benzene rings is 3. The second kappa shape index (κ2) is 8.82. The van der Waals surface area contributed by atoms with Gasteiger partial charge in [0.05, 0.1) is 0 Å². The van der Waals surface area contributed by atoms with Crippen LogP contribution in [0.4, 0.5) is 0 Å². The summed E-state index contributed by atoms with van der Waals surface area (Å²) < 4.78 is 10.7. The molecule has 0 bridgehead atoms. The fourth-order valence-corrected chi connectivity index (χ4v) is 21.6. The van der Waals surface area contributed by atoms with Gasteiger partial charge in [-0.1, -0.05) is 0 Å². The Morgan fingerprint density at radius 3 is 1.81 bits per heavy atom. The van der Waals surface area contributed by atoms with Crippen LogP contribution in [0.25, 0.3) is 0 Å². The molecular formula is C28H33NOSn. The van der Waals surface area contributed by atoms with Crippen LogP contribution in [0.2, 0.25) is 3.43 Å². The van der Waals surface area contributed by atoms with Crippen molar-refractivity contribution in [3.63, 3.8) is 0 Å². The third-order valence-corrected chi connectivity index (χ3v) is 23.4. The van der Waals surface area contributed by atoms with E-state index in [9.17, 15) is 0 Å². The molecule has 0 amide bonds. The first-order valence-electron chi connectivity index (χ1n) is 11.3. The average molecular weight is 518 g/mol. The summed E-state index contributed by atoms with van der Waals surface area (Å²) in [5, 5.41) is 0. The molecule has 0 saturated carbocycles. The van der Waals surface area contributed by atoms with Crippen molar-refractivity contribution in [1.82, 2.24) is 0 Å². The van der Waals surface area contributed by atoms with E-state index in [1.54, 1.807) is 0 Å². The fourth-order valence-electron chi connectivity index (χ4n) is 5.00. The minimum atomic E-state index is -3.51. The van der Waals surface area contributed by atoms with Gasteiger partial charge in [0.2, 0.25) is 0 Å². The van der Waals surface area contributed by atoms with Crippen LogP contribution < -0.4 is 10.7 Å². The van der Waals surface area contributed by atoms with E-state index >= 15 is 0 Å². The molecule has 1 aliphatic rings. The van der Waals surface area contributed by atoms with Crippen LogP contribution in [0, 0.1) is 5.92 Å². The molecule has 0 aliphatic carbocycles. The van der Waals surface area contributed by atoms with Gasteiger partial charge in [0.15, 0.2) is 0 Å². The zero-order chi connectivity index (χ0) is 22.1. The maximum atomic E-state index is 6.22. The van der Waals surface area contributed by atoms with E-state index in [0.29, 0.717) is 12.5 Å². The van der Waals surface area contributed by atoms with Crippen LogP contribution in [-0.2, 0) is 4.74 Å². The van der Waals surface area contributed by atoms with E-state index in [1.807, 2.05) is 0 Å². The molecule has 3 heteroatoms. The summed E-state index contributed by atoms with van der Waals surface area (Å²) >= 11 is -3.51. The van der Waals surface area contributed by atoms with Crippen molar-refractivity contribution in [2.24, 2.45) is 10.9 Å². The van der Waals surface area contributed by atoms with Crippen LogP contribution in [0.15, 0.2) is 89.9 Å². The zero-order valence-electron chi connectivity index (χ0n) is 19.3. The van der Waals surface area contributed by atoms with Crippen molar-refractivity contribution in [1.29, 1.82) is 0 Å². The predicted molar refractivity (Wildman–Crippen MR) is 135 cm³/mol. The third-order valence-electron chi connectivity index (χ3n) is 6.54. The molecule has 1 heterocycles. The maximum absolute atomic E-state index is 6.22. The van der Waals surface area contributed by atoms with E-state index in [2.05, 4.69) is 120 Å². The Bertz CT molecular complexity index is 1010. The minimum absolute atomic E-state index is 0.101. The van der Waals surface area contributed by atoms with Gasteiger partial charge < -0.3 is 0 Å². The first-order chi connectivity index (χ1) is 14.9. The average Bonchev–Trinajstić information content (AvgIpc) is 3.26. The summed E-state index contributed by atoms with van der Waals surface area (Å²) in [6.07, 6.45) is 0. The molecule has 0 radical (unpaired) electrons. The molecule has 4 rings (SSSR count). The Balaban J connectivity index is 2.05. The van der Waals surface area contributed by atoms with Crippen LogP contribution in [0.1, 0.15) is 40.2 Å². The van der Waals surface area contributed by atoms with E-state index in [0.717, 1.165) is 5.90 Å². The first kappa shape index (κ1) is 22.1. The number of aliphatic imine (C=N–C) groups is 1. The Labute approximate surface area is 191 Å². The van der Waals surface area contributed by atoms with Gasteiger partial charge in [-0.2, -0.15) is 0 Å². The molecule has 160 valence electrons. The van der Waals surface area contributed by atoms with Crippen molar-refractivity contribution < 1.29 is 4.74 Å². The summed E-state index contributed by atoms with van der Waals surface area (Å²) in [4.78, 5) is 5.03. The molecule has 1 aliphatic heterocycles. The number of nitrogens with zero attached hydrogens (tertiary/aromatic N) is 1. The second-order valence-electron chi connectivity index (χ2n) is 9.83. The van der Waals surface area contributed by atoms with Crippen LogP contribution in [-0.4, -0.2) is 36.9 Å². The quantitative estimate of drug-likeness (QED) is 0.447. The number of hydrogen-bond donors (Lipinski definition) is 0. The summed E-state index contributed by atoms with van der Waals surface area (Å²) in [6, 6.07) is 31.5. The summed E-state index contributed by atoms with van der Waals surface area (Å²) in [7, 11) is 0. The number of ether oxygens (including phenoxy) is 1. The van der Waals surface area contributed by atoms with Gasteiger partial charge in [-0.15, -0.1) is 0 Å². The van der Waals surface area contributed by atoms with Crippen molar-refractivity contribution >= 4 is 35.0 Å². The topological polar surface area (TPSA) is 21.6 Å². The SMILES string of the molecule is CC(C)[C@H]1COC(c2cccc[c]2[Sn]([c]2ccccc2)([c]2ccccc2)[C](C)(C)C)=N1. The normalized spacial score (nSPS) is 16.8. The van der Waals surface area contributed by atoms with Crippen molar-refractivity contribution in [2.75, 3.05) is 6.61 Å². The van der Waals surface area contributed by atoms with Gasteiger partial charge in [-0.3, -0.25) is 0 Å². The van der Waals surface area contributed by atoms with Crippen LogP contribution in [0.5, 0.6) is 0 Å². The monoisotopic (exact) mass is 519 g/mol. The van der Waals surface area contributed by atoms with Gasteiger partial charge in [0.25, 0.3) is 0 Å². The standard InChI is InChI=1S/C12H14NO.2C6H5.C4H9.Sn/c1-9(2)11-8-14-12(13-11)10-6-4-3-5-7-10;2*1-2-4-6-5-3-1;1-4(2)3;/h3-6,9,11H,8H2,1-2H3;2*1-5H;1-3H3;/t11-;;;;/m1..../s1. The van der Waals surface area contributed by atoms with E-state index in [1.165, 1.54) is 16.3 Å². The van der Waals surface area contributed by atoms with Crippen molar-refractivity contribution in [2.45, 2.75) is 44.1 Å². The van der Waals surface area contributed by atoms with Crippen LogP contribution in [0.3, 0.4) is 0 Å². The molecule has 1 atom stereocenters. The summed E-state index contributed by atoms with van der Waals surface area (Å²) in [5.41, 5.74) is 1.18. The fraction of sp³-hybridized carbons (Fsp3) is 0.321. The van der Waals surface area contributed by atoms with E-state index < -0.39 is 18.4 Å². The molecule has 0 N–H and O–H groups in total. The molecule has 0 spiro atoms. The van der Waals surface area contributed by atoms with E-state index in [-0.39, 0.29) is 9.47 Å². The molecule has 0 aromatic heterocycles. The molecule has 31 heavy (non-hydrogen) atoms. The zero-order valence-corrected chi connectivity index (χ0v) is 22.2. The van der Waals surface area contributed by atoms with Gasteiger partial charge in [-0.05, 0) is 0 Å². The number of rotatable bonds is 5. The second-order valence-corrected chi connectivity index (χ2v) is 23.2. The molecule has 0 unspecified atom stereocenters. The Kier molecular flexibility index (Phi) is 6.30. The Morgan fingerprint density at radius 2 is 1.32 bits per heavy atom. The molecule has 3 aromatic carbocycles. The molecule has 2 nitrogen and oxygen atoms in total. The molecule has 0 saturated heterocycles. The van der Waals surface area contributed by atoms with Gasteiger partial charge in [0, 0.05) is 0 Å². The van der Waals surface area contributed by atoms with Crippen molar-refractivity contribution in [3.05, 3.63) is 90.5 Å². The van der Waals surface area contributed by atoms with Gasteiger partial charge in [0.1, 0.15) is 0 Å². The third kappa shape index (κ3) is 3.95. The van der Waals surface area contributed by atoms with Crippen LogP contribution >= 0.6 is 0 Å². The molecular weight excluding hydrogens is 485 g/mol. The summed E-state index contributed by atoms with van der Waals surface area (Å²) in [5.74, 6) is 1.30. The van der Waals surface area contributed by atoms with E-state index in [4.69, 9.17) is 9.73 Å². The molecule has 0 fully saturated rings. The molecule has 3 aromatic rings. The first-order valence-corrected chi connectivity index (χ1v) is 17.0. The summed E-state index contributed by atoms with van der Waals surface area (Å²) in [6.45, 7) is 12.4. The predicted octanol–water partition coefficient (Wildman–Crippen LogP) is 4.76. The number of hydrogen-bond acceptors (Lipinski definition) is 2.